The van der Waals surface area contributed by atoms with E-state index < -0.39 is 25.8 Å². The number of carbonyl (C=O) groups excluding carboxylic acids is 2. The highest BCUT2D eigenvalue weighted by molar-refractivity contribution is 7.13. The number of aryl methyl sites for hydroxylation is 1. The monoisotopic (exact) mass is 584 g/mol. The van der Waals surface area contributed by atoms with Crippen LogP contribution in [0.3, 0.4) is 0 Å². The summed E-state index contributed by atoms with van der Waals surface area (Å²) in [6, 6.07) is 6.19. The largest absolute Gasteiger partial charge is 0.412 e. The summed E-state index contributed by atoms with van der Waals surface area (Å²) in [5, 5.41) is 6.95. The number of nitrogens with one attached hydrogen (secondary N) is 1. The number of rotatable bonds is 8. The molecule has 1 aromatic heterocycles. The van der Waals surface area contributed by atoms with Crippen LogP contribution in [-0.4, -0.2) is 54.7 Å². The summed E-state index contributed by atoms with van der Waals surface area (Å²) in [7, 11) is -2.15. The fraction of sp³-hybridized carbons (Fsp3) is 0.621. The van der Waals surface area contributed by atoms with Crippen molar-refractivity contribution in [2.24, 2.45) is 10.5 Å². The van der Waals surface area contributed by atoms with Crippen LogP contribution in [0.25, 0.3) is 20.9 Å². The van der Waals surface area contributed by atoms with Crippen molar-refractivity contribution < 1.29 is 14.0 Å². The van der Waals surface area contributed by atoms with E-state index in [9.17, 15) is 15.1 Å². The minimum absolute atomic E-state index is 0.0143. The van der Waals surface area contributed by atoms with Crippen molar-refractivity contribution in [3.8, 4) is 10.4 Å². The summed E-state index contributed by atoms with van der Waals surface area (Å²) in [6.45, 7) is 20.6. The molecule has 0 spiro atoms. The molecule has 1 saturated heterocycles. The molecule has 1 aliphatic rings. The molecule has 1 fully saturated rings. The first-order valence-electron chi connectivity index (χ1n) is 13.8. The van der Waals surface area contributed by atoms with E-state index >= 15 is 0 Å². The first-order chi connectivity index (χ1) is 18.5. The molecule has 2 heterocycles. The second-order valence-electron chi connectivity index (χ2n) is 13.3. The van der Waals surface area contributed by atoms with Crippen molar-refractivity contribution in [3.05, 3.63) is 51.5 Å². The van der Waals surface area contributed by atoms with Gasteiger partial charge in [0.05, 0.1) is 28.2 Å². The van der Waals surface area contributed by atoms with Crippen molar-refractivity contribution in [1.29, 1.82) is 0 Å². The van der Waals surface area contributed by atoms with Gasteiger partial charge in [-0.3, -0.25) is 9.59 Å². The van der Waals surface area contributed by atoms with Gasteiger partial charge < -0.3 is 14.6 Å². The highest BCUT2D eigenvalue weighted by Crippen LogP contribution is 2.39. The number of benzene rings is 1. The molecule has 1 N–H and O–H groups in total. The van der Waals surface area contributed by atoms with Crippen LogP contribution in [0, 0.1) is 12.3 Å². The van der Waals surface area contributed by atoms with Crippen LogP contribution in [-0.2, 0) is 14.0 Å². The van der Waals surface area contributed by atoms with E-state index in [0.29, 0.717) is 6.42 Å². The van der Waals surface area contributed by atoms with Crippen LogP contribution in [0.5, 0.6) is 0 Å². The number of aromatic nitrogens is 1. The predicted octanol–water partition coefficient (Wildman–Crippen LogP) is 7.01. The number of amides is 2. The summed E-state index contributed by atoms with van der Waals surface area (Å²) in [5.74, 6) is -0.582. The van der Waals surface area contributed by atoms with E-state index in [4.69, 9.17) is 4.43 Å². The smallest absolute Gasteiger partial charge is 0.243 e. The summed E-state index contributed by atoms with van der Waals surface area (Å²) in [4.78, 5) is 37.5. The Bertz CT molecular complexity index is 1260. The molecule has 0 unspecified atom stereocenters. The lowest BCUT2D eigenvalue weighted by molar-refractivity contribution is -0.141. The van der Waals surface area contributed by atoms with Gasteiger partial charge in [0.25, 0.3) is 0 Å². The van der Waals surface area contributed by atoms with E-state index in [0.717, 1.165) is 21.7 Å². The second kappa shape index (κ2) is 12.0. The Labute approximate surface area is 243 Å². The molecule has 9 nitrogen and oxygen atoms in total. The maximum Gasteiger partial charge on any atom is 0.243 e. The number of nitrogens with zero attached hydrogens (tertiary/aromatic N) is 5. The molecule has 1 aromatic carbocycles. The fourth-order valence-electron chi connectivity index (χ4n) is 4.67. The molecule has 0 bridgehead atoms. The quantitative estimate of drug-likeness (QED) is 0.155. The molecule has 2 amide bonds. The third-order valence-corrected chi connectivity index (χ3v) is 13.6. The van der Waals surface area contributed by atoms with Crippen LogP contribution < -0.4 is 5.32 Å². The van der Waals surface area contributed by atoms with Crippen LogP contribution in [0.2, 0.25) is 18.1 Å². The van der Waals surface area contributed by atoms with E-state index in [-0.39, 0.29) is 35.5 Å². The Hall–Kier alpha value is -2.72. The van der Waals surface area contributed by atoms with Gasteiger partial charge in [0, 0.05) is 17.9 Å². The number of thiazole rings is 1. The highest BCUT2D eigenvalue weighted by Gasteiger charge is 2.47. The Balaban J connectivity index is 1.84. The summed E-state index contributed by atoms with van der Waals surface area (Å²) in [5.41, 5.74) is 13.5. The van der Waals surface area contributed by atoms with Crippen LogP contribution in [0.4, 0.5) is 0 Å². The van der Waals surface area contributed by atoms with Gasteiger partial charge in [0.1, 0.15) is 12.1 Å². The molecule has 4 atom stereocenters. The minimum atomic E-state index is -2.15. The molecule has 0 aliphatic carbocycles. The van der Waals surface area contributed by atoms with E-state index in [1.54, 1.807) is 16.2 Å². The van der Waals surface area contributed by atoms with Gasteiger partial charge >= 0.3 is 0 Å². The fourth-order valence-corrected chi connectivity index (χ4v) is 6.83. The van der Waals surface area contributed by atoms with E-state index in [2.05, 4.69) is 54.2 Å². The van der Waals surface area contributed by atoms with Crippen molar-refractivity contribution in [3.63, 3.8) is 0 Å². The summed E-state index contributed by atoms with van der Waals surface area (Å²) in [6.07, 6.45) is 0.123. The molecule has 1 aliphatic heterocycles. The lowest BCUT2D eigenvalue weighted by Gasteiger charge is -2.38. The molecular formula is C29H44N6O3SSi. The maximum atomic E-state index is 13.8. The molecular weight excluding hydrogens is 541 g/mol. The lowest BCUT2D eigenvalue weighted by Crippen LogP contribution is -2.51. The normalized spacial score (nSPS) is 19.6. The maximum absolute atomic E-state index is 13.8. The van der Waals surface area contributed by atoms with Crippen molar-refractivity contribution >= 4 is 31.5 Å². The average Bonchev–Trinajstić information content (AvgIpc) is 3.46. The standard InChI is InChI=1S/C29H44N6O3SSi/c1-18(20-11-13-21(14-12-20)24-19(2)31-17-39-24)32-26(36)23-15-22(38-40(9,10)29(6,7)8)16-35(23)27(37)25(33-34-30)28(3,4)5/h11-14,17-18,22-23,25H,15-16H2,1-10H3,(H,32,36)/t18-,22+,23-,25+/m0/s1. The highest BCUT2D eigenvalue weighted by atomic mass is 32.1. The van der Waals surface area contributed by atoms with Gasteiger partial charge in [-0.1, -0.05) is 70.9 Å². The van der Waals surface area contributed by atoms with Crippen LogP contribution >= 0.6 is 11.3 Å². The predicted molar refractivity (Wildman–Crippen MR) is 163 cm³/mol. The minimum Gasteiger partial charge on any atom is -0.412 e. The zero-order chi connectivity index (χ0) is 30.0. The number of hydrogen-bond acceptors (Lipinski definition) is 6. The average molecular weight is 585 g/mol. The number of azide groups is 1. The van der Waals surface area contributed by atoms with Crippen LogP contribution in [0.1, 0.15) is 72.2 Å². The van der Waals surface area contributed by atoms with E-state index in [1.807, 2.05) is 64.4 Å². The zero-order valence-electron chi connectivity index (χ0n) is 25.5. The van der Waals surface area contributed by atoms with Gasteiger partial charge in [-0.05, 0) is 54.1 Å². The molecule has 40 heavy (non-hydrogen) atoms. The number of carbonyl (C=O) groups is 2. The molecule has 2 aromatic rings. The Morgan fingerprint density at radius 1 is 1.20 bits per heavy atom. The molecule has 11 heteroatoms. The Morgan fingerprint density at radius 3 is 2.33 bits per heavy atom. The summed E-state index contributed by atoms with van der Waals surface area (Å²) < 4.78 is 6.65. The Morgan fingerprint density at radius 2 is 1.82 bits per heavy atom. The van der Waals surface area contributed by atoms with Crippen molar-refractivity contribution in [2.75, 3.05) is 6.54 Å². The Kier molecular flexibility index (Phi) is 9.56. The van der Waals surface area contributed by atoms with Gasteiger partial charge in [0.2, 0.25) is 11.8 Å². The molecule has 0 radical (unpaired) electrons. The van der Waals surface area contributed by atoms with E-state index in [1.165, 1.54) is 0 Å². The zero-order valence-corrected chi connectivity index (χ0v) is 27.3. The van der Waals surface area contributed by atoms with Gasteiger partial charge in [-0.25, -0.2) is 4.98 Å². The first kappa shape index (κ1) is 31.8. The van der Waals surface area contributed by atoms with Crippen LogP contribution in [0.15, 0.2) is 34.9 Å². The first-order valence-corrected chi connectivity index (χ1v) is 17.6. The van der Waals surface area contributed by atoms with Gasteiger partial charge in [-0.15, -0.1) is 11.3 Å². The second-order valence-corrected chi connectivity index (χ2v) is 18.9. The molecule has 0 saturated carbocycles. The number of likely N-dealkylation sites (tertiary alicyclic amines) is 1. The SMILES string of the molecule is Cc1ncsc1-c1ccc([C@H](C)NC(=O)[C@@H]2C[C@@H](O[Si](C)(C)C(C)(C)C)CN2C(=O)[C@@H](N=[N+]=[N-])C(C)(C)C)cc1. The van der Waals surface area contributed by atoms with Gasteiger partial charge in [0.15, 0.2) is 8.32 Å². The topological polar surface area (TPSA) is 120 Å². The third kappa shape index (κ3) is 7.12. The van der Waals surface area contributed by atoms with Gasteiger partial charge in [-0.2, -0.15) is 0 Å². The lowest BCUT2D eigenvalue weighted by atomic mass is 9.86. The molecule has 218 valence electrons. The molecule has 3 rings (SSSR count). The van der Waals surface area contributed by atoms with Crippen molar-refractivity contribution in [2.45, 2.75) is 104 Å². The summed E-state index contributed by atoms with van der Waals surface area (Å²) >= 11 is 1.60. The van der Waals surface area contributed by atoms with Crippen molar-refractivity contribution in [1.82, 2.24) is 15.2 Å². The number of hydrogen-bond donors (Lipinski definition) is 1. The third-order valence-electron chi connectivity index (χ3n) is 8.11.